The van der Waals surface area contributed by atoms with Crippen LogP contribution in [0, 0.1) is 18.6 Å². The van der Waals surface area contributed by atoms with Crippen molar-refractivity contribution in [3.63, 3.8) is 0 Å². The van der Waals surface area contributed by atoms with Gasteiger partial charge in [0.05, 0.1) is 11.1 Å². The molecule has 0 amide bonds. The lowest BCUT2D eigenvalue weighted by Crippen LogP contribution is -2.05. The number of hydrogen-bond donors (Lipinski definition) is 1. The SMILES string of the molecule is Cc1ccc(F)cc1CC(O)c1cccc(F)c1Cl. The molecule has 0 heterocycles. The average Bonchev–Trinajstić information content (AvgIpc) is 2.37. The third-order valence-electron chi connectivity index (χ3n) is 3.06. The Morgan fingerprint density at radius 3 is 2.68 bits per heavy atom. The summed E-state index contributed by atoms with van der Waals surface area (Å²) in [4.78, 5) is 0. The van der Waals surface area contributed by atoms with E-state index in [-0.39, 0.29) is 17.3 Å². The number of aliphatic hydroxyl groups excluding tert-OH is 1. The standard InChI is InChI=1S/C15H13ClF2O/c1-9-5-6-11(17)7-10(9)8-14(19)12-3-2-4-13(18)15(12)16/h2-7,14,19H,8H2,1H3. The second-order valence-electron chi connectivity index (χ2n) is 4.43. The zero-order valence-electron chi connectivity index (χ0n) is 10.3. The van der Waals surface area contributed by atoms with Crippen LogP contribution in [0.3, 0.4) is 0 Å². The number of rotatable bonds is 3. The van der Waals surface area contributed by atoms with Crippen molar-refractivity contribution in [3.8, 4) is 0 Å². The molecule has 0 bridgehead atoms. The highest BCUT2D eigenvalue weighted by Gasteiger charge is 2.16. The van der Waals surface area contributed by atoms with Crippen LogP contribution in [0.15, 0.2) is 36.4 Å². The minimum absolute atomic E-state index is 0.0935. The highest BCUT2D eigenvalue weighted by atomic mass is 35.5. The predicted molar refractivity (Wildman–Crippen MR) is 71.2 cm³/mol. The van der Waals surface area contributed by atoms with Crippen molar-refractivity contribution >= 4 is 11.6 Å². The maximum atomic E-state index is 13.3. The van der Waals surface area contributed by atoms with Gasteiger partial charge >= 0.3 is 0 Å². The van der Waals surface area contributed by atoms with Crippen LogP contribution in [-0.2, 0) is 6.42 Å². The third kappa shape index (κ3) is 3.11. The van der Waals surface area contributed by atoms with E-state index in [1.165, 1.54) is 24.3 Å². The van der Waals surface area contributed by atoms with Gasteiger partial charge in [-0.05, 0) is 36.2 Å². The fourth-order valence-electron chi connectivity index (χ4n) is 1.96. The fourth-order valence-corrected chi connectivity index (χ4v) is 2.21. The van der Waals surface area contributed by atoms with E-state index in [4.69, 9.17) is 11.6 Å². The van der Waals surface area contributed by atoms with Gasteiger partial charge < -0.3 is 5.11 Å². The molecule has 0 saturated heterocycles. The molecule has 2 rings (SSSR count). The van der Waals surface area contributed by atoms with Crippen molar-refractivity contribution in [1.29, 1.82) is 0 Å². The van der Waals surface area contributed by atoms with E-state index in [9.17, 15) is 13.9 Å². The molecule has 0 fully saturated rings. The van der Waals surface area contributed by atoms with E-state index >= 15 is 0 Å². The van der Waals surface area contributed by atoms with E-state index in [0.717, 1.165) is 5.56 Å². The van der Waals surface area contributed by atoms with Crippen molar-refractivity contribution in [2.75, 3.05) is 0 Å². The second-order valence-corrected chi connectivity index (χ2v) is 4.81. The maximum absolute atomic E-state index is 13.3. The first-order valence-corrected chi connectivity index (χ1v) is 6.24. The summed E-state index contributed by atoms with van der Waals surface area (Å²) in [5.41, 5.74) is 1.85. The maximum Gasteiger partial charge on any atom is 0.142 e. The van der Waals surface area contributed by atoms with Crippen molar-refractivity contribution in [2.24, 2.45) is 0 Å². The number of benzene rings is 2. The first-order chi connectivity index (χ1) is 8.99. The van der Waals surface area contributed by atoms with Crippen molar-refractivity contribution in [2.45, 2.75) is 19.4 Å². The first kappa shape index (κ1) is 14.0. The lowest BCUT2D eigenvalue weighted by atomic mass is 9.98. The molecule has 19 heavy (non-hydrogen) atoms. The molecule has 0 radical (unpaired) electrons. The molecule has 0 saturated carbocycles. The molecule has 0 aliphatic heterocycles. The van der Waals surface area contributed by atoms with Gasteiger partial charge in [0.2, 0.25) is 0 Å². The second kappa shape index (κ2) is 5.68. The molecule has 0 aliphatic carbocycles. The molecule has 1 N–H and O–H groups in total. The molecule has 2 aromatic rings. The van der Waals surface area contributed by atoms with Gasteiger partial charge in [-0.2, -0.15) is 0 Å². The number of hydrogen-bond acceptors (Lipinski definition) is 1. The lowest BCUT2D eigenvalue weighted by molar-refractivity contribution is 0.178. The molecular formula is C15H13ClF2O. The summed E-state index contributed by atoms with van der Waals surface area (Å²) in [6.07, 6.45) is -0.782. The smallest absolute Gasteiger partial charge is 0.142 e. The Kier molecular flexibility index (Phi) is 4.17. The molecule has 0 aliphatic rings. The Morgan fingerprint density at radius 2 is 1.95 bits per heavy atom. The van der Waals surface area contributed by atoms with Crippen LogP contribution in [0.4, 0.5) is 8.78 Å². The molecule has 0 spiro atoms. The van der Waals surface area contributed by atoms with Crippen molar-refractivity contribution in [1.82, 2.24) is 0 Å². The third-order valence-corrected chi connectivity index (χ3v) is 3.46. The Hall–Kier alpha value is -1.45. The normalized spacial score (nSPS) is 12.5. The topological polar surface area (TPSA) is 20.2 Å². The average molecular weight is 283 g/mol. The first-order valence-electron chi connectivity index (χ1n) is 5.86. The van der Waals surface area contributed by atoms with Crippen LogP contribution >= 0.6 is 11.6 Å². The summed E-state index contributed by atoms with van der Waals surface area (Å²) in [6.45, 7) is 1.83. The molecule has 1 unspecified atom stereocenters. The van der Waals surface area contributed by atoms with Crippen LogP contribution in [-0.4, -0.2) is 5.11 Å². The summed E-state index contributed by atoms with van der Waals surface area (Å²) >= 11 is 5.82. The minimum atomic E-state index is -0.969. The Balaban J connectivity index is 2.28. The van der Waals surface area contributed by atoms with Crippen LogP contribution in [0.2, 0.25) is 5.02 Å². The summed E-state index contributed by atoms with van der Waals surface area (Å²) < 4.78 is 26.5. The fraction of sp³-hybridized carbons (Fsp3) is 0.200. The van der Waals surface area contributed by atoms with Gasteiger partial charge in [0.1, 0.15) is 11.6 Å². The van der Waals surface area contributed by atoms with Gasteiger partial charge in [-0.15, -0.1) is 0 Å². The Bertz CT molecular complexity index is 599. The lowest BCUT2D eigenvalue weighted by Gasteiger charge is -2.14. The Morgan fingerprint density at radius 1 is 1.21 bits per heavy atom. The molecule has 2 aromatic carbocycles. The molecule has 4 heteroatoms. The van der Waals surface area contributed by atoms with Gasteiger partial charge in [0.25, 0.3) is 0 Å². The van der Waals surface area contributed by atoms with Gasteiger partial charge in [-0.3, -0.25) is 0 Å². The minimum Gasteiger partial charge on any atom is -0.388 e. The van der Waals surface area contributed by atoms with E-state index in [1.54, 1.807) is 12.1 Å². The Labute approximate surface area is 115 Å². The van der Waals surface area contributed by atoms with Crippen molar-refractivity contribution < 1.29 is 13.9 Å². The van der Waals surface area contributed by atoms with E-state index in [1.807, 2.05) is 6.92 Å². The zero-order chi connectivity index (χ0) is 14.0. The monoisotopic (exact) mass is 282 g/mol. The van der Waals surface area contributed by atoms with Crippen LogP contribution in [0.1, 0.15) is 22.8 Å². The molecule has 1 nitrogen and oxygen atoms in total. The van der Waals surface area contributed by atoms with E-state index in [2.05, 4.69) is 0 Å². The molecule has 100 valence electrons. The van der Waals surface area contributed by atoms with Crippen LogP contribution in [0.5, 0.6) is 0 Å². The highest BCUT2D eigenvalue weighted by Crippen LogP contribution is 2.28. The zero-order valence-corrected chi connectivity index (χ0v) is 11.1. The van der Waals surface area contributed by atoms with Gasteiger partial charge in [0, 0.05) is 12.0 Å². The largest absolute Gasteiger partial charge is 0.388 e. The van der Waals surface area contributed by atoms with Gasteiger partial charge in [-0.1, -0.05) is 29.8 Å². The molecule has 1 atom stereocenters. The molecule has 0 aromatic heterocycles. The van der Waals surface area contributed by atoms with E-state index < -0.39 is 11.9 Å². The number of halogens is 3. The molecular weight excluding hydrogens is 270 g/mol. The number of aliphatic hydroxyl groups is 1. The van der Waals surface area contributed by atoms with Gasteiger partial charge in [-0.25, -0.2) is 8.78 Å². The van der Waals surface area contributed by atoms with Gasteiger partial charge in [0.15, 0.2) is 0 Å². The summed E-state index contributed by atoms with van der Waals surface area (Å²) in [5.74, 6) is -0.938. The quantitative estimate of drug-likeness (QED) is 0.894. The van der Waals surface area contributed by atoms with E-state index in [0.29, 0.717) is 11.1 Å². The predicted octanol–water partition coefficient (Wildman–Crippen LogP) is 4.20. The highest BCUT2D eigenvalue weighted by molar-refractivity contribution is 6.31. The summed E-state index contributed by atoms with van der Waals surface area (Å²) in [5, 5.41) is 10.0. The summed E-state index contributed by atoms with van der Waals surface area (Å²) in [7, 11) is 0. The summed E-state index contributed by atoms with van der Waals surface area (Å²) in [6, 6.07) is 8.64. The number of aryl methyl sites for hydroxylation is 1. The van der Waals surface area contributed by atoms with Crippen LogP contribution in [0.25, 0.3) is 0 Å². The van der Waals surface area contributed by atoms with Crippen LogP contribution < -0.4 is 0 Å². The van der Waals surface area contributed by atoms with Crippen molar-refractivity contribution in [3.05, 3.63) is 69.7 Å².